The van der Waals surface area contributed by atoms with E-state index in [1.165, 1.54) is 16.7 Å². The normalized spacial score (nSPS) is 19.0. The van der Waals surface area contributed by atoms with Gasteiger partial charge < -0.3 is 5.32 Å². The summed E-state index contributed by atoms with van der Waals surface area (Å²) in [6, 6.07) is 16.4. The molecule has 2 aromatic carbocycles. The van der Waals surface area contributed by atoms with Crippen LogP contribution in [0.25, 0.3) is 0 Å². The Bertz CT molecular complexity index is 971. The lowest BCUT2D eigenvalue weighted by molar-refractivity contribution is -0.124. The number of nitrogens with zero attached hydrogens (tertiary/aromatic N) is 3. The van der Waals surface area contributed by atoms with Gasteiger partial charge in [-0.3, -0.25) is 14.6 Å². The molecule has 0 bridgehead atoms. The summed E-state index contributed by atoms with van der Waals surface area (Å²) in [6.45, 7) is 3.57. The first-order valence-corrected chi connectivity index (χ1v) is 9.55. The van der Waals surface area contributed by atoms with Crippen LogP contribution in [-0.2, 0) is 9.59 Å². The van der Waals surface area contributed by atoms with Crippen molar-refractivity contribution in [1.29, 1.82) is 0 Å². The molecule has 2 atom stereocenters. The zero-order valence-electron chi connectivity index (χ0n) is 14.9. The summed E-state index contributed by atoms with van der Waals surface area (Å²) in [4.78, 5) is 35.8. The molecule has 136 valence electrons. The number of carbonyl (C=O) groups excluding carboxylic acids is 2. The molecule has 0 radical (unpaired) electrons. The Morgan fingerprint density at radius 3 is 2.63 bits per heavy atom. The van der Waals surface area contributed by atoms with E-state index in [1.54, 1.807) is 13.8 Å². The number of amidine groups is 2. The maximum absolute atomic E-state index is 12.6. The molecule has 2 aliphatic heterocycles. The van der Waals surface area contributed by atoms with Crippen LogP contribution in [0, 0.1) is 0 Å². The maximum Gasteiger partial charge on any atom is 0.258 e. The number of hydrogen-bond donors (Lipinski definition) is 1. The van der Waals surface area contributed by atoms with Gasteiger partial charge in [0.05, 0.1) is 10.9 Å². The molecule has 0 aliphatic carbocycles. The summed E-state index contributed by atoms with van der Waals surface area (Å²) >= 11 is 1.26. The number of anilines is 1. The number of nitrogens with one attached hydrogen (secondary N) is 1. The smallest absolute Gasteiger partial charge is 0.258 e. The van der Waals surface area contributed by atoms with Crippen molar-refractivity contribution in [3.8, 4) is 0 Å². The second kappa shape index (κ2) is 7.00. The topological polar surface area (TPSA) is 74.1 Å². The molecule has 7 heteroatoms. The largest absolute Gasteiger partial charge is 0.325 e. The Kier molecular flexibility index (Phi) is 4.53. The Balaban J connectivity index is 1.59. The molecule has 4 rings (SSSR count). The molecule has 2 aromatic rings. The average molecular weight is 378 g/mol. The van der Waals surface area contributed by atoms with Crippen LogP contribution in [0.15, 0.2) is 64.6 Å². The molecule has 0 aromatic heterocycles. The highest BCUT2D eigenvalue weighted by Gasteiger charge is 2.40. The highest BCUT2D eigenvalue weighted by atomic mass is 32.2. The fourth-order valence-electron chi connectivity index (χ4n) is 2.93. The minimum absolute atomic E-state index is 0.124. The van der Waals surface area contributed by atoms with E-state index in [1.807, 2.05) is 54.6 Å². The van der Waals surface area contributed by atoms with E-state index in [4.69, 9.17) is 0 Å². The number of fused-ring (bicyclic) bond motifs is 3. The quantitative estimate of drug-likeness (QED) is 0.889. The minimum Gasteiger partial charge on any atom is -0.325 e. The van der Waals surface area contributed by atoms with Gasteiger partial charge >= 0.3 is 0 Å². The van der Waals surface area contributed by atoms with Crippen molar-refractivity contribution >= 4 is 46.0 Å². The lowest BCUT2D eigenvalue weighted by Crippen LogP contribution is -2.41. The Labute approximate surface area is 161 Å². The van der Waals surface area contributed by atoms with E-state index in [0.29, 0.717) is 11.0 Å². The molecule has 6 nitrogen and oxygen atoms in total. The predicted molar refractivity (Wildman–Crippen MR) is 109 cm³/mol. The second-order valence-corrected chi connectivity index (χ2v) is 7.64. The van der Waals surface area contributed by atoms with Gasteiger partial charge in [0.2, 0.25) is 5.91 Å². The van der Waals surface area contributed by atoms with Crippen molar-refractivity contribution in [2.75, 3.05) is 5.32 Å². The zero-order chi connectivity index (χ0) is 19.0. The van der Waals surface area contributed by atoms with Gasteiger partial charge in [-0.05, 0) is 38.1 Å². The van der Waals surface area contributed by atoms with Crippen molar-refractivity contribution in [2.24, 2.45) is 9.98 Å². The molecule has 2 heterocycles. The standard InChI is InChI=1S/C20H18N4O2S/c1-12-19(26)24-17(21-12)15-10-6-7-11-16(15)23-20(24)27-13(2)18(25)22-14-8-4-3-5-9-14/h3-13H,1-2H3,(H,22,25)/t12-,13+/m0/s1. The highest BCUT2D eigenvalue weighted by molar-refractivity contribution is 8.15. The average Bonchev–Trinajstić information content (AvgIpc) is 2.98. The first-order valence-electron chi connectivity index (χ1n) is 8.67. The Hall–Kier alpha value is -2.93. The minimum atomic E-state index is -0.453. The van der Waals surface area contributed by atoms with Crippen molar-refractivity contribution in [3.63, 3.8) is 0 Å². The third kappa shape index (κ3) is 3.26. The van der Waals surface area contributed by atoms with Gasteiger partial charge in [0, 0.05) is 11.3 Å². The van der Waals surface area contributed by atoms with Crippen LogP contribution in [0.2, 0.25) is 0 Å². The van der Waals surface area contributed by atoms with Crippen LogP contribution >= 0.6 is 11.8 Å². The lowest BCUT2D eigenvalue weighted by Gasteiger charge is -2.26. The molecule has 0 saturated carbocycles. The van der Waals surface area contributed by atoms with Gasteiger partial charge in [-0.2, -0.15) is 0 Å². The maximum atomic E-state index is 12.6. The number of carbonyl (C=O) groups is 2. The van der Waals surface area contributed by atoms with Gasteiger partial charge in [-0.15, -0.1) is 0 Å². The fourth-order valence-corrected chi connectivity index (χ4v) is 3.85. The number of benzene rings is 2. The monoisotopic (exact) mass is 378 g/mol. The summed E-state index contributed by atoms with van der Waals surface area (Å²) in [5.74, 6) is 0.337. The van der Waals surface area contributed by atoms with Gasteiger partial charge in [0.25, 0.3) is 5.91 Å². The van der Waals surface area contributed by atoms with E-state index in [0.717, 1.165) is 16.9 Å². The van der Waals surface area contributed by atoms with E-state index >= 15 is 0 Å². The number of hydrogen-bond acceptors (Lipinski definition) is 5. The van der Waals surface area contributed by atoms with Crippen LogP contribution in [0.1, 0.15) is 19.4 Å². The molecule has 0 fully saturated rings. The third-order valence-electron chi connectivity index (χ3n) is 4.35. The lowest BCUT2D eigenvalue weighted by atomic mass is 10.1. The first kappa shape index (κ1) is 17.5. The first-order chi connectivity index (χ1) is 13.0. The zero-order valence-corrected chi connectivity index (χ0v) is 15.7. The molecule has 0 saturated heterocycles. The Morgan fingerprint density at radius 1 is 1.15 bits per heavy atom. The number of para-hydroxylation sites is 2. The summed E-state index contributed by atoms with van der Waals surface area (Å²) in [5.41, 5.74) is 2.33. The molecule has 27 heavy (non-hydrogen) atoms. The van der Waals surface area contributed by atoms with E-state index in [-0.39, 0.29) is 11.8 Å². The van der Waals surface area contributed by atoms with Gasteiger partial charge in [-0.25, -0.2) is 9.89 Å². The van der Waals surface area contributed by atoms with Crippen molar-refractivity contribution in [2.45, 2.75) is 25.1 Å². The van der Waals surface area contributed by atoms with Gasteiger partial charge in [-0.1, -0.05) is 42.1 Å². The van der Waals surface area contributed by atoms with Crippen molar-refractivity contribution in [1.82, 2.24) is 4.90 Å². The third-order valence-corrected chi connectivity index (χ3v) is 5.40. The molecular weight excluding hydrogens is 360 g/mol. The summed E-state index contributed by atoms with van der Waals surface area (Å²) < 4.78 is 0. The summed E-state index contributed by atoms with van der Waals surface area (Å²) in [7, 11) is 0. The second-order valence-electron chi connectivity index (χ2n) is 6.33. The van der Waals surface area contributed by atoms with E-state index < -0.39 is 11.3 Å². The predicted octanol–water partition coefficient (Wildman–Crippen LogP) is 3.43. The number of aliphatic imine (C=N–C) groups is 2. The molecular formula is C20H18N4O2S. The van der Waals surface area contributed by atoms with Crippen molar-refractivity contribution < 1.29 is 9.59 Å². The van der Waals surface area contributed by atoms with Crippen molar-refractivity contribution in [3.05, 3.63) is 60.2 Å². The summed E-state index contributed by atoms with van der Waals surface area (Å²) in [5, 5.41) is 2.93. The van der Waals surface area contributed by atoms with Crippen LogP contribution in [0.3, 0.4) is 0 Å². The molecule has 1 N–H and O–H groups in total. The molecule has 2 aliphatic rings. The highest BCUT2D eigenvalue weighted by Crippen LogP contribution is 2.34. The molecule has 0 unspecified atom stereocenters. The Morgan fingerprint density at radius 2 is 1.85 bits per heavy atom. The van der Waals surface area contributed by atoms with Gasteiger partial charge in [0.15, 0.2) is 5.17 Å². The van der Waals surface area contributed by atoms with Gasteiger partial charge in [0.1, 0.15) is 11.9 Å². The van der Waals surface area contributed by atoms with Crippen LogP contribution in [0.4, 0.5) is 11.4 Å². The van der Waals surface area contributed by atoms with Crippen LogP contribution < -0.4 is 5.32 Å². The fraction of sp³-hybridized carbons (Fsp3) is 0.200. The van der Waals surface area contributed by atoms with Crippen LogP contribution in [-0.4, -0.2) is 39.0 Å². The SMILES string of the molecule is C[C@@H]1N=C2c3ccccc3N=C(S[C@H](C)C(=O)Nc3ccccc3)N2C1=O. The molecule has 2 amide bonds. The van der Waals surface area contributed by atoms with Crippen LogP contribution in [0.5, 0.6) is 0 Å². The molecule has 0 spiro atoms. The number of thioether (sulfide) groups is 1. The summed E-state index contributed by atoms with van der Waals surface area (Å²) in [6.07, 6.45) is 0. The number of amides is 2. The van der Waals surface area contributed by atoms with E-state index in [2.05, 4.69) is 15.3 Å². The van der Waals surface area contributed by atoms with E-state index in [9.17, 15) is 9.59 Å². The number of rotatable bonds is 3.